The van der Waals surface area contributed by atoms with Crippen LogP contribution in [0.5, 0.6) is 11.5 Å². The molecule has 2 N–H and O–H groups in total. The molecule has 0 radical (unpaired) electrons. The van der Waals surface area contributed by atoms with E-state index < -0.39 is 0 Å². The van der Waals surface area contributed by atoms with Crippen LogP contribution >= 0.6 is 11.8 Å². The van der Waals surface area contributed by atoms with E-state index in [1.54, 1.807) is 47.9 Å². The maximum atomic E-state index is 12.8. The molecule has 11 heteroatoms. The molecular weight excluding hydrogens is 468 g/mol. The molecule has 10 nitrogen and oxygen atoms in total. The van der Waals surface area contributed by atoms with Crippen molar-refractivity contribution in [3.63, 3.8) is 0 Å². The van der Waals surface area contributed by atoms with E-state index in [-0.39, 0.29) is 5.91 Å². The first-order chi connectivity index (χ1) is 17.0. The highest BCUT2D eigenvalue weighted by molar-refractivity contribution is 7.99. The quantitative estimate of drug-likeness (QED) is 0.194. The lowest BCUT2D eigenvalue weighted by Crippen LogP contribution is -2.27. The topological polar surface area (TPSA) is 112 Å². The number of fused-ring (bicyclic) bond motifs is 1. The molecule has 2 aromatic heterocycles. The van der Waals surface area contributed by atoms with Crippen LogP contribution in [0.25, 0.3) is 11.0 Å². The molecule has 0 saturated carbocycles. The van der Waals surface area contributed by atoms with Crippen LogP contribution in [0.1, 0.15) is 38.1 Å². The van der Waals surface area contributed by atoms with Crippen molar-refractivity contribution in [3.05, 3.63) is 30.0 Å². The number of hydrogen-bond acceptors (Lipinski definition) is 9. The summed E-state index contributed by atoms with van der Waals surface area (Å²) in [5.74, 6) is 1.71. The molecule has 3 rings (SSSR count). The zero-order chi connectivity index (χ0) is 25.2. The molecule has 1 aromatic carbocycles. The Morgan fingerprint density at radius 2 is 1.89 bits per heavy atom. The zero-order valence-electron chi connectivity index (χ0n) is 21.0. The van der Waals surface area contributed by atoms with E-state index in [2.05, 4.69) is 34.6 Å². The molecule has 0 unspecified atom stereocenters. The van der Waals surface area contributed by atoms with Gasteiger partial charge in [0.15, 0.2) is 22.3 Å². The molecule has 1 amide bonds. The molecule has 0 spiro atoms. The molecule has 0 atom stereocenters. The number of amides is 1. The second-order valence-electron chi connectivity index (χ2n) is 7.83. The Labute approximate surface area is 210 Å². The average Bonchev–Trinajstić information content (AvgIpc) is 3.23. The van der Waals surface area contributed by atoms with Gasteiger partial charge in [-0.15, -0.1) is 0 Å². The number of nitrogens with one attached hydrogen (secondary N) is 2. The molecule has 190 valence electrons. The third-order valence-corrected chi connectivity index (χ3v) is 5.70. The van der Waals surface area contributed by atoms with E-state index in [1.807, 2.05) is 13.8 Å². The highest BCUT2D eigenvalue weighted by Crippen LogP contribution is 2.29. The van der Waals surface area contributed by atoms with Crippen LogP contribution in [0.15, 0.2) is 29.6 Å². The molecule has 0 aliphatic rings. The number of nitrogens with zero attached hydrogens (tertiary/aromatic N) is 4. The normalized spacial score (nSPS) is 11.1. The Hall–Kier alpha value is -3.05. The van der Waals surface area contributed by atoms with Gasteiger partial charge in [-0.05, 0) is 32.0 Å². The smallest absolute Gasteiger partial charge is 0.251 e. The number of rotatable bonds is 14. The Kier molecular flexibility index (Phi) is 9.98. The van der Waals surface area contributed by atoms with Crippen LogP contribution in [0.2, 0.25) is 0 Å². The number of methoxy groups -OCH3 is 1. The van der Waals surface area contributed by atoms with Crippen molar-refractivity contribution in [2.45, 2.75) is 44.6 Å². The van der Waals surface area contributed by atoms with Gasteiger partial charge in [0.2, 0.25) is 0 Å². The highest BCUT2D eigenvalue weighted by Gasteiger charge is 2.15. The van der Waals surface area contributed by atoms with Gasteiger partial charge in [-0.1, -0.05) is 25.6 Å². The third kappa shape index (κ3) is 7.22. The fourth-order valence-corrected chi connectivity index (χ4v) is 4.04. The van der Waals surface area contributed by atoms with Crippen molar-refractivity contribution in [2.24, 2.45) is 0 Å². The Bertz CT molecular complexity index is 1120. The molecule has 0 aliphatic heterocycles. The molecule has 0 aliphatic carbocycles. The van der Waals surface area contributed by atoms with Gasteiger partial charge in [0.25, 0.3) is 5.91 Å². The van der Waals surface area contributed by atoms with Crippen molar-refractivity contribution in [1.29, 1.82) is 0 Å². The summed E-state index contributed by atoms with van der Waals surface area (Å²) in [6.07, 6.45) is 1.75. The minimum absolute atomic E-state index is 0.196. The summed E-state index contributed by atoms with van der Waals surface area (Å²) in [6.45, 7) is 11.0. The molecule has 0 saturated heterocycles. The number of aromatic nitrogens is 4. The zero-order valence-corrected chi connectivity index (χ0v) is 21.8. The second kappa shape index (κ2) is 13.1. The third-order valence-electron chi connectivity index (χ3n) is 4.83. The lowest BCUT2D eigenvalue weighted by atomic mass is 10.2. The average molecular weight is 503 g/mol. The molecular formula is C24H34N6O4S. The predicted octanol–water partition coefficient (Wildman–Crippen LogP) is 3.61. The largest absolute Gasteiger partial charge is 0.490 e. The van der Waals surface area contributed by atoms with Crippen molar-refractivity contribution in [3.8, 4) is 11.5 Å². The minimum Gasteiger partial charge on any atom is -0.490 e. The van der Waals surface area contributed by atoms with Gasteiger partial charge in [0.1, 0.15) is 5.82 Å². The lowest BCUT2D eigenvalue weighted by molar-refractivity contribution is 0.0951. The number of ether oxygens (including phenoxy) is 3. The van der Waals surface area contributed by atoms with Crippen molar-refractivity contribution < 1.29 is 19.0 Å². The Balaban J connectivity index is 1.72. The van der Waals surface area contributed by atoms with E-state index >= 15 is 0 Å². The molecule has 0 fully saturated rings. The molecule has 0 bridgehead atoms. The summed E-state index contributed by atoms with van der Waals surface area (Å²) in [5, 5.41) is 12.6. The predicted molar refractivity (Wildman–Crippen MR) is 138 cm³/mol. The van der Waals surface area contributed by atoms with Gasteiger partial charge < -0.3 is 24.8 Å². The number of carbonyl (C=O) groups excluding carboxylic acids is 1. The van der Waals surface area contributed by atoms with Crippen molar-refractivity contribution in [2.75, 3.05) is 45.3 Å². The van der Waals surface area contributed by atoms with Gasteiger partial charge >= 0.3 is 0 Å². The summed E-state index contributed by atoms with van der Waals surface area (Å²) in [5.41, 5.74) is 1.22. The molecule has 35 heavy (non-hydrogen) atoms. The van der Waals surface area contributed by atoms with Gasteiger partial charge in [-0.25, -0.2) is 14.6 Å². The molecule has 2 heterocycles. The maximum absolute atomic E-state index is 12.8. The van der Waals surface area contributed by atoms with Crippen LogP contribution in [0.4, 0.5) is 5.82 Å². The molecule has 3 aromatic rings. The van der Waals surface area contributed by atoms with E-state index in [4.69, 9.17) is 19.2 Å². The van der Waals surface area contributed by atoms with E-state index in [0.29, 0.717) is 66.9 Å². The summed E-state index contributed by atoms with van der Waals surface area (Å²) in [7, 11) is 1.66. The summed E-state index contributed by atoms with van der Waals surface area (Å²) in [4.78, 5) is 22.1. The van der Waals surface area contributed by atoms with E-state index in [1.165, 1.54) is 0 Å². The summed E-state index contributed by atoms with van der Waals surface area (Å²) >= 11 is 1.59. The van der Waals surface area contributed by atoms with Crippen LogP contribution in [-0.2, 0) is 11.3 Å². The van der Waals surface area contributed by atoms with E-state index in [9.17, 15) is 4.79 Å². The standard InChI is InChI=1S/C24H34N6O4S/c1-6-33-19-9-8-17(14-20(19)34-7-2)23(31)26-10-12-30-22-18(15-27-30)21(25-11-13-32-5)28-24(29-22)35-16(3)4/h8-9,14-16H,6-7,10-13H2,1-5H3,(H,26,31)(H,25,28,29). The number of anilines is 1. The van der Waals surface area contributed by atoms with Crippen LogP contribution < -0.4 is 20.1 Å². The van der Waals surface area contributed by atoms with Gasteiger partial charge in [0.05, 0.1) is 37.9 Å². The Morgan fingerprint density at radius 3 is 2.60 bits per heavy atom. The minimum atomic E-state index is -0.196. The van der Waals surface area contributed by atoms with Gasteiger partial charge in [-0.2, -0.15) is 5.10 Å². The van der Waals surface area contributed by atoms with Gasteiger partial charge in [0, 0.05) is 31.0 Å². The van der Waals surface area contributed by atoms with Crippen molar-refractivity contribution in [1.82, 2.24) is 25.1 Å². The fraction of sp³-hybridized carbons (Fsp3) is 0.500. The van der Waals surface area contributed by atoms with Crippen LogP contribution in [0.3, 0.4) is 0 Å². The second-order valence-corrected chi connectivity index (χ2v) is 9.37. The SMILES string of the molecule is CCOc1ccc(C(=O)NCCn2ncc3c(NCCOC)nc(SC(C)C)nc32)cc1OCC. The Morgan fingerprint density at radius 1 is 1.11 bits per heavy atom. The summed E-state index contributed by atoms with van der Waals surface area (Å²) < 4.78 is 18.1. The first kappa shape index (κ1) is 26.6. The van der Waals surface area contributed by atoms with Gasteiger partial charge in [-0.3, -0.25) is 4.79 Å². The monoisotopic (exact) mass is 502 g/mol. The van der Waals surface area contributed by atoms with Crippen LogP contribution in [0, 0.1) is 0 Å². The maximum Gasteiger partial charge on any atom is 0.251 e. The number of hydrogen-bond donors (Lipinski definition) is 2. The van der Waals surface area contributed by atoms with E-state index in [0.717, 1.165) is 16.9 Å². The summed E-state index contributed by atoms with van der Waals surface area (Å²) in [6, 6.07) is 5.19. The number of thioether (sulfide) groups is 1. The van der Waals surface area contributed by atoms with Crippen molar-refractivity contribution >= 4 is 34.5 Å². The first-order valence-electron chi connectivity index (χ1n) is 11.8. The first-order valence-corrected chi connectivity index (χ1v) is 12.7. The number of benzene rings is 1. The fourth-order valence-electron chi connectivity index (χ4n) is 3.34. The lowest BCUT2D eigenvalue weighted by Gasteiger charge is -2.13. The van der Waals surface area contributed by atoms with Crippen LogP contribution in [-0.4, -0.2) is 70.9 Å². The number of carbonyl (C=O) groups is 1. The highest BCUT2D eigenvalue weighted by atomic mass is 32.2.